The fourth-order valence-electron chi connectivity index (χ4n) is 2.16. The molecule has 2 atom stereocenters. The van der Waals surface area contributed by atoms with Crippen LogP contribution in [0.3, 0.4) is 0 Å². The summed E-state index contributed by atoms with van der Waals surface area (Å²) in [5.74, 6) is -0.0330. The summed E-state index contributed by atoms with van der Waals surface area (Å²) in [6.45, 7) is -0.854. The molecule has 0 unspecified atom stereocenters. The molecule has 2 nitrogen and oxygen atoms in total. The summed E-state index contributed by atoms with van der Waals surface area (Å²) < 4.78 is 43.3. The van der Waals surface area contributed by atoms with Crippen LogP contribution in [-0.4, -0.2) is 25.0 Å². The molecule has 0 aromatic heterocycles. The first kappa shape index (κ1) is 12.2. The number of hydrogen-bond donors (Lipinski definition) is 1. The van der Waals surface area contributed by atoms with Crippen LogP contribution in [0.2, 0.25) is 0 Å². The fraction of sp³-hybridized carbons (Fsp3) is 0.500. The van der Waals surface area contributed by atoms with Crippen molar-refractivity contribution in [2.75, 3.05) is 13.7 Å². The lowest BCUT2D eigenvalue weighted by Gasteiger charge is -2.18. The number of rotatable bonds is 3. The lowest BCUT2D eigenvalue weighted by atomic mass is 9.99. The molecule has 1 saturated carbocycles. The third-order valence-electron chi connectivity index (χ3n) is 3.44. The van der Waals surface area contributed by atoms with Gasteiger partial charge in [-0.1, -0.05) is 12.1 Å². The fourth-order valence-corrected chi connectivity index (χ4v) is 2.16. The Balaban J connectivity index is 2.21. The summed E-state index contributed by atoms with van der Waals surface area (Å²) in [5, 5.41) is 8.98. The van der Waals surface area contributed by atoms with E-state index in [1.54, 1.807) is 24.3 Å². The lowest BCUT2D eigenvalue weighted by Crippen LogP contribution is -2.29. The lowest BCUT2D eigenvalue weighted by molar-refractivity contribution is -0.198. The van der Waals surface area contributed by atoms with Crippen LogP contribution in [0.15, 0.2) is 24.3 Å². The molecular weight excluding hydrogens is 233 g/mol. The van der Waals surface area contributed by atoms with Crippen LogP contribution in [0.25, 0.3) is 0 Å². The van der Waals surface area contributed by atoms with Crippen molar-refractivity contribution >= 4 is 0 Å². The van der Waals surface area contributed by atoms with Crippen molar-refractivity contribution in [3.63, 3.8) is 0 Å². The first-order valence-corrected chi connectivity index (χ1v) is 5.26. The van der Waals surface area contributed by atoms with Gasteiger partial charge in [0, 0.05) is 5.92 Å². The monoisotopic (exact) mass is 246 g/mol. The summed E-state index contributed by atoms with van der Waals surface area (Å²) in [5.41, 5.74) is -1.35. The highest BCUT2D eigenvalue weighted by molar-refractivity contribution is 5.35. The van der Waals surface area contributed by atoms with Gasteiger partial charge in [0.15, 0.2) is 0 Å². The molecule has 0 heterocycles. The summed E-state index contributed by atoms with van der Waals surface area (Å²) in [6, 6.07) is 6.50. The highest BCUT2D eigenvalue weighted by Gasteiger charge is 2.70. The number of aliphatic hydroxyl groups is 1. The van der Waals surface area contributed by atoms with Gasteiger partial charge in [0.25, 0.3) is 0 Å². The number of alkyl halides is 3. The van der Waals surface area contributed by atoms with E-state index in [0.717, 1.165) is 0 Å². The van der Waals surface area contributed by atoms with E-state index < -0.39 is 24.1 Å². The Labute approximate surface area is 97.0 Å². The molecule has 0 saturated heterocycles. The minimum atomic E-state index is -4.35. The second-order valence-electron chi connectivity index (χ2n) is 4.34. The first-order valence-electron chi connectivity index (χ1n) is 5.26. The second kappa shape index (κ2) is 3.91. The number of halogens is 3. The molecule has 1 fully saturated rings. The molecule has 0 spiro atoms. The van der Waals surface area contributed by atoms with E-state index >= 15 is 0 Å². The van der Waals surface area contributed by atoms with E-state index in [1.165, 1.54) is 7.11 Å². The number of aliphatic hydroxyl groups excluding tert-OH is 1. The van der Waals surface area contributed by atoms with Gasteiger partial charge in [0.1, 0.15) is 5.75 Å². The summed E-state index contributed by atoms with van der Waals surface area (Å²) in [6.07, 6.45) is -4.40. The van der Waals surface area contributed by atoms with Crippen LogP contribution < -0.4 is 4.74 Å². The number of methoxy groups -OCH3 is 1. The van der Waals surface area contributed by atoms with Crippen molar-refractivity contribution in [3.8, 4) is 5.75 Å². The molecule has 5 heteroatoms. The third kappa shape index (κ3) is 1.88. The van der Waals surface area contributed by atoms with Gasteiger partial charge in [-0.3, -0.25) is 0 Å². The molecule has 1 aliphatic rings. The summed E-state index contributed by atoms with van der Waals surface area (Å²) in [7, 11) is 1.50. The Hall–Kier alpha value is -1.23. The average Bonchev–Trinajstić information content (AvgIpc) is 3.04. The maximum atomic E-state index is 12.8. The predicted molar refractivity (Wildman–Crippen MR) is 55.9 cm³/mol. The molecule has 94 valence electrons. The number of benzene rings is 1. The van der Waals surface area contributed by atoms with Crippen molar-refractivity contribution in [2.45, 2.75) is 18.5 Å². The van der Waals surface area contributed by atoms with Crippen LogP contribution in [0.1, 0.15) is 17.9 Å². The molecule has 0 bridgehead atoms. The predicted octanol–water partition coefficient (Wildman–Crippen LogP) is 2.72. The van der Waals surface area contributed by atoms with Crippen molar-refractivity contribution < 1.29 is 23.0 Å². The van der Waals surface area contributed by atoms with Crippen LogP contribution in [0.4, 0.5) is 13.2 Å². The average molecular weight is 246 g/mol. The Morgan fingerprint density at radius 1 is 1.35 bits per heavy atom. The van der Waals surface area contributed by atoms with Crippen LogP contribution in [-0.2, 0) is 0 Å². The van der Waals surface area contributed by atoms with E-state index in [0.29, 0.717) is 11.3 Å². The molecule has 2 rings (SSSR count). The van der Waals surface area contributed by atoms with Gasteiger partial charge >= 0.3 is 6.18 Å². The van der Waals surface area contributed by atoms with Crippen LogP contribution >= 0.6 is 0 Å². The quantitative estimate of drug-likeness (QED) is 0.888. The maximum absolute atomic E-state index is 12.8. The Kier molecular flexibility index (Phi) is 2.81. The van der Waals surface area contributed by atoms with Crippen molar-refractivity contribution in [2.24, 2.45) is 5.41 Å². The molecule has 0 radical (unpaired) electrons. The van der Waals surface area contributed by atoms with Crippen molar-refractivity contribution in [3.05, 3.63) is 29.8 Å². The largest absolute Gasteiger partial charge is 0.497 e. The SMILES string of the molecule is COc1ccc([C@@H]2C[C@@]2(CO)C(F)(F)F)cc1. The van der Waals surface area contributed by atoms with Gasteiger partial charge in [-0.05, 0) is 24.1 Å². The highest BCUT2D eigenvalue weighted by Crippen LogP contribution is 2.67. The Morgan fingerprint density at radius 3 is 2.29 bits per heavy atom. The van der Waals surface area contributed by atoms with Gasteiger partial charge < -0.3 is 9.84 Å². The molecule has 1 aromatic carbocycles. The summed E-state index contributed by atoms with van der Waals surface area (Å²) >= 11 is 0. The van der Waals surface area contributed by atoms with Gasteiger partial charge in [-0.15, -0.1) is 0 Å². The zero-order valence-corrected chi connectivity index (χ0v) is 9.29. The molecule has 0 amide bonds. The van der Waals surface area contributed by atoms with Crippen LogP contribution in [0, 0.1) is 5.41 Å². The van der Waals surface area contributed by atoms with Gasteiger partial charge in [-0.25, -0.2) is 0 Å². The summed E-state index contributed by atoms with van der Waals surface area (Å²) in [4.78, 5) is 0. The second-order valence-corrected chi connectivity index (χ2v) is 4.34. The van der Waals surface area contributed by atoms with E-state index in [-0.39, 0.29) is 6.42 Å². The number of ether oxygens (including phenoxy) is 1. The van der Waals surface area contributed by atoms with Gasteiger partial charge in [0.2, 0.25) is 0 Å². The van der Waals surface area contributed by atoms with E-state index in [9.17, 15) is 13.2 Å². The maximum Gasteiger partial charge on any atom is 0.397 e. The molecule has 17 heavy (non-hydrogen) atoms. The molecule has 1 aliphatic carbocycles. The molecule has 1 N–H and O–H groups in total. The number of hydrogen-bond acceptors (Lipinski definition) is 2. The van der Waals surface area contributed by atoms with Gasteiger partial charge in [-0.2, -0.15) is 13.2 Å². The molecule has 0 aliphatic heterocycles. The topological polar surface area (TPSA) is 29.5 Å². The molecular formula is C12H13F3O2. The van der Waals surface area contributed by atoms with E-state index in [2.05, 4.69) is 0 Å². The standard InChI is InChI=1S/C12H13F3O2/c1-17-9-4-2-8(3-5-9)10-6-11(10,7-16)12(13,14)15/h2-5,10,16H,6-7H2,1H3/t10-,11-/m0/s1. The van der Waals surface area contributed by atoms with Gasteiger partial charge in [0.05, 0.1) is 19.1 Å². The smallest absolute Gasteiger partial charge is 0.397 e. The zero-order chi connectivity index (χ0) is 12.7. The van der Waals surface area contributed by atoms with Crippen molar-refractivity contribution in [1.29, 1.82) is 0 Å². The third-order valence-corrected chi connectivity index (χ3v) is 3.44. The van der Waals surface area contributed by atoms with E-state index in [4.69, 9.17) is 9.84 Å². The molecule has 1 aromatic rings. The van der Waals surface area contributed by atoms with Crippen molar-refractivity contribution in [1.82, 2.24) is 0 Å². The minimum absolute atomic E-state index is 0.0423. The highest BCUT2D eigenvalue weighted by atomic mass is 19.4. The van der Waals surface area contributed by atoms with E-state index in [1.807, 2.05) is 0 Å². The minimum Gasteiger partial charge on any atom is -0.497 e. The van der Waals surface area contributed by atoms with Crippen LogP contribution in [0.5, 0.6) is 5.75 Å². The Bertz CT molecular complexity index is 399. The normalized spacial score (nSPS) is 27.9. The Morgan fingerprint density at radius 2 is 1.94 bits per heavy atom. The zero-order valence-electron chi connectivity index (χ0n) is 9.29. The first-order chi connectivity index (χ1) is 7.94.